The summed E-state index contributed by atoms with van der Waals surface area (Å²) in [6.45, 7) is 6.64. The minimum Gasteiger partial charge on any atom is -0.329 e. The van der Waals surface area contributed by atoms with Gasteiger partial charge < -0.3 is 4.98 Å². The van der Waals surface area contributed by atoms with Crippen LogP contribution in [0.4, 0.5) is 0 Å². The van der Waals surface area contributed by atoms with E-state index in [1.807, 2.05) is 6.07 Å². The van der Waals surface area contributed by atoms with Gasteiger partial charge in [-0.3, -0.25) is 4.57 Å². The highest BCUT2D eigenvalue weighted by Crippen LogP contribution is 2.28. The van der Waals surface area contributed by atoms with Gasteiger partial charge in [0.05, 0.1) is 10.5 Å². The van der Waals surface area contributed by atoms with Crippen molar-refractivity contribution in [3.05, 3.63) is 22.1 Å². The predicted molar refractivity (Wildman–Crippen MR) is 78.7 cm³/mol. The molecule has 3 nitrogen and oxygen atoms in total. The molecule has 0 amide bonds. The van der Waals surface area contributed by atoms with Crippen LogP contribution in [0.25, 0.3) is 11.2 Å². The first-order valence-electron chi connectivity index (χ1n) is 6.34. The summed E-state index contributed by atoms with van der Waals surface area (Å²) in [4.78, 5) is 7.59. The Morgan fingerprint density at radius 3 is 2.72 bits per heavy atom. The van der Waals surface area contributed by atoms with E-state index in [0.717, 1.165) is 28.8 Å². The summed E-state index contributed by atoms with van der Waals surface area (Å²) in [6.07, 6.45) is 3.95. The van der Waals surface area contributed by atoms with Gasteiger partial charge >= 0.3 is 0 Å². The molecular formula is C13H18ClN3S. The summed E-state index contributed by atoms with van der Waals surface area (Å²) in [5, 5.41) is 0.626. The quantitative estimate of drug-likeness (QED) is 0.822. The predicted octanol–water partition coefficient (Wildman–Crippen LogP) is 4.74. The lowest BCUT2D eigenvalue weighted by atomic mass is 9.95. The Hall–Kier alpha value is -0.870. The van der Waals surface area contributed by atoms with Crippen LogP contribution < -0.4 is 0 Å². The molecule has 0 fully saturated rings. The molecule has 18 heavy (non-hydrogen) atoms. The molecule has 2 heterocycles. The van der Waals surface area contributed by atoms with E-state index >= 15 is 0 Å². The number of pyridine rings is 1. The minimum atomic E-state index is 0.343. The average molecular weight is 284 g/mol. The molecule has 2 aromatic heterocycles. The van der Waals surface area contributed by atoms with Crippen LogP contribution in [0.1, 0.15) is 39.7 Å². The Balaban J connectivity index is 2.56. The van der Waals surface area contributed by atoms with Crippen LogP contribution in [-0.2, 0) is 0 Å². The Kier molecular flexibility index (Phi) is 4.07. The van der Waals surface area contributed by atoms with Crippen LogP contribution in [0.2, 0.25) is 5.02 Å². The van der Waals surface area contributed by atoms with Gasteiger partial charge in [0, 0.05) is 12.2 Å². The molecule has 5 heteroatoms. The molecule has 0 bridgehead atoms. The van der Waals surface area contributed by atoms with Gasteiger partial charge in [-0.15, -0.1) is 0 Å². The largest absolute Gasteiger partial charge is 0.329 e. The standard InChI is InChI=1S/C13H18ClN3S/c1-4-9(5-2)8(3)17-12-11(16-13(17)18)6-10(14)7-15-12/h6-9H,4-5H2,1-3H3,(H,16,18). The highest BCUT2D eigenvalue weighted by molar-refractivity contribution is 7.71. The van der Waals surface area contributed by atoms with Crippen LogP contribution in [0.15, 0.2) is 12.3 Å². The maximum absolute atomic E-state index is 5.95. The Morgan fingerprint density at radius 1 is 1.44 bits per heavy atom. The Labute approximate surface area is 117 Å². The van der Waals surface area contributed by atoms with E-state index in [-0.39, 0.29) is 0 Å². The second-order valence-corrected chi connectivity index (χ2v) is 5.47. The molecule has 2 aromatic rings. The molecule has 1 atom stereocenters. The van der Waals surface area contributed by atoms with E-state index in [4.69, 9.17) is 23.8 Å². The fourth-order valence-corrected chi connectivity index (χ4v) is 3.07. The van der Waals surface area contributed by atoms with Gasteiger partial charge in [-0.2, -0.15) is 0 Å². The summed E-state index contributed by atoms with van der Waals surface area (Å²) in [6, 6.07) is 2.21. The summed E-state index contributed by atoms with van der Waals surface area (Å²) in [5.41, 5.74) is 1.80. The SMILES string of the molecule is CCC(CC)C(C)n1c(=S)[nH]c2cc(Cl)cnc21. The molecule has 0 aliphatic carbocycles. The number of imidazole rings is 1. The van der Waals surface area contributed by atoms with Gasteiger partial charge in [0.2, 0.25) is 0 Å². The Bertz CT molecular complexity index is 598. The number of hydrogen-bond acceptors (Lipinski definition) is 2. The summed E-state index contributed by atoms with van der Waals surface area (Å²) in [5.74, 6) is 0.605. The van der Waals surface area contributed by atoms with Crippen LogP contribution in [-0.4, -0.2) is 14.5 Å². The van der Waals surface area contributed by atoms with Crippen molar-refractivity contribution in [3.63, 3.8) is 0 Å². The number of aromatic nitrogens is 3. The van der Waals surface area contributed by atoms with Gasteiger partial charge in [-0.1, -0.05) is 38.3 Å². The van der Waals surface area contributed by atoms with E-state index in [0.29, 0.717) is 17.0 Å². The average Bonchev–Trinajstić information content (AvgIpc) is 2.65. The van der Waals surface area contributed by atoms with Crippen molar-refractivity contribution in [2.75, 3.05) is 0 Å². The maximum atomic E-state index is 5.95. The fraction of sp³-hybridized carbons (Fsp3) is 0.538. The molecule has 98 valence electrons. The maximum Gasteiger partial charge on any atom is 0.179 e. The van der Waals surface area contributed by atoms with Crippen LogP contribution in [0.3, 0.4) is 0 Å². The zero-order chi connectivity index (χ0) is 13.3. The highest BCUT2D eigenvalue weighted by atomic mass is 35.5. The summed E-state index contributed by atoms with van der Waals surface area (Å²) >= 11 is 11.4. The molecule has 1 N–H and O–H groups in total. The van der Waals surface area contributed by atoms with E-state index in [1.54, 1.807) is 6.20 Å². The van der Waals surface area contributed by atoms with Gasteiger partial charge in [-0.05, 0) is 31.1 Å². The van der Waals surface area contributed by atoms with E-state index in [1.165, 1.54) is 0 Å². The van der Waals surface area contributed by atoms with Gasteiger partial charge in [0.25, 0.3) is 0 Å². The van der Waals surface area contributed by atoms with Crippen molar-refractivity contribution in [1.29, 1.82) is 0 Å². The molecule has 0 spiro atoms. The van der Waals surface area contributed by atoms with Crippen molar-refractivity contribution >= 4 is 35.0 Å². The van der Waals surface area contributed by atoms with Crippen molar-refractivity contribution in [3.8, 4) is 0 Å². The molecule has 0 saturated heterocycles. The zero-order valence-electron chi connectivity index (χ0n) is 10.9. The van der Waals surface area contributed by atoms with Crippen molar-refractivity contribution in [2.24, 2.45) is 5.92 Å². The number of halogens is 1. The van der Waals surface area contributed by atoms with Crippen molar-refractivity contribution < 1.29 is 0 Å². The minimum absolute atomic E-state index is 0.343. The second kappa shape index (κ2) is 5.41. The number of hydrogen-bond donors (Lipinski definition) is 1. The van der Waals surface area contributed by atoms with Crippen LogP contribution in [0.5, 0.6) is 0 Å². The lowest BCUT2D eigenvalue weighted by Gasteiger charge is -2.22. The molecular weight excluding hydrogens is 266 g/mol. The molecule has 0 aliphatic heterocycles. The van der Waals surface area contributed by atoms with Crippen LogP contribution in [0, 0.1) is 10.7 Å². The lowest BCUT2D eigenvalue weighted by molar-refractivity contribution is 0.336. The first-order valence-corrected chi connectivity index (χ1v) is 7.12. The van der Waals surface area contributed by atoms with E-state index in [9.17, 15) is 0 Å². The summed E-state index contributed by atoms with van der Waals surface area (Å²) < 4.78 is 2.83. The topological polar surface area (TPSA) is 33.6 Å². The second-order valence-electron chi connectivity index (χ2n) is 4.64. The van der Waals surface area contributed by atoms with Crippen molar-refractivity contribution in [2.45, 2.75) is 39.7 Å². The van der Waals surface area contributed by atoms with Gasteiger partial charge in [0.1, 0.15) is 0 Å². The monoisotopic (exact) mass is 283 g/mol. The first-order chi connectivity index (χ1) is 8.58. The third-order valence-electron chi connectivity index (χ3n) is 3.66. The number of nitrogens with zero attached hydrogens (tertiary/aromatic N) is 2. The lowest BCUT2D eigenvalue weighted by Crippen LogP contribution is -2.16. The molecule has 0 radical (unpaired) electrons. The number of aromatic amines is 1. The van der Waals surface area contributed by atoms with Gasteiger partial charge in [-0.25, -0.2) is 4.98 Å². The molecule has 0 saturated carbocycles. The van der Waals surface area contributed by atoms with E-state index in [2.05, 4.69) is 35.3 Å². The number of H-pyrrole nitrogens is 1. The smallest absolute Gasteiger partial charge is 0.179 e. The van der Waals surface area contributed by atoms with E-state index < -0.39 is 0 Å². The molecule has 2 rings (SSSR count). The first kappa shape index (κ1) is 13.6. The van der Waals surface area contributed by atoms with Crippen LogP contribution >= 0.6 is 23.8 Å². The van der Waals surface area contributed by atoms with Gasteiger partial charge in [0.15, 0.2) is 10.4 Å². The Morgan fingerprint density at radius 2 is 2.11 bits per heavy atom. The third-order valence-corrected chi connectivity index (χ3v) is 4.17. The molecule has 1 unspecified atom stereocenters. The normalized spacial score (nSPS) is 13.4. The number of fused-ring (bicyclic) bond motifs is 1. The number of rotatable bonds is 4. The van der Waals surface area contributed by atoms with Crippen molar-refractivity contribution in [1.82, 2.24) is 14.5 Å². The highest BCUT2D eigenvalue weighted by Gasteiger charge is 2.19. The number of nitrogens with one attached hydrogen (secondary N) is 1. The summed E-state index contributed by atoms with van der Waals surface area (Å²) in [7, 11) is 0. The zero-order valence-corrected chi connectivity index (χ0v) is 12.5. The third kappa shape index (κ3) is 2.31. The molecule has 0 aliphatic rings. The fourth-order valence-electron chi connectivity index (χ4n) is 2.55. The molecule has 0 aromatic carbocycles.